The fourth-order valence-electron chi connectivity index (χ4n) is 2.16. The number of Topliss-reactive ketones (excluding diaryl/α,β-unsaturated/α-hetero) is 1. The summed E-state index contributed by atoms with van der Waals surface area (Å²) in [6, 6.07) is 7.55. The molecule has 1 aromatic rings. The number of benzene rings is 1. The third kappa shape index (κ3) is 3.35. The van der Waals surface area contributed by atoms with Gasteiger partial charge in [-0.3, -0.25) is 9.59 Å². The Bertz CT molecular complexity index is 442. The van der Waals surface area contributed by atoms with Crippen LogP contribution in [-0.4, -0.2) is 17.7 Å². The van der Waals surface area contributed by atoms with Gasteiger partial charge in [-0.1, -0.05) is 24.3 Å². The molecule has 0 bridgehead atoms. The van der Waals surface area contributed by atoms with Crippen molar-refractivity contribution >= 4 is 24.3 Å². The molecule has 0 unspecified atom stereocenters. The SMILES string of the molecule is O=C(Cc1ccc(CS)cc1)N[C@@H]1CCCC1=O. The number of rotatable bonds is 4. The van der Waals surface area contributed by atoms with Crippen LogP contribution in [0.4, 0.5) is 0 Å². The number of carbonyl (C=O) groups is 2. The first-order valence-corrected chi connectivity index (χ1v) is 6.83. The van der Waals surface area contributed by atoms with Crippen molar-refractivity contribution in [2.24, 2.45) is 0 Å². The molecule has 0 spiro atoms. The van der Waals surface area contributed by atoms with Gasteiger partial charge in [-0.15, -0.1) is 0 Å². The van der Waals surface area contributed by atoms with Crippen LogP contribution in [0.5, 0.6) is 0 Å². The van der Waals surface area contributed by atoms with Crippen LogP contribution in [0.15, 0.2) is 24.3 Å². The molecule has 0 aliphatic heterocycles. The molecule has 1 saturated carbocycles. The molecule has 1 N–H and O–H groups in total. The Morgan fingerprint density at radius 3 is 2.50 bits per heavy atom. The van der Waals surface area contributed by atoms with Crippen molar-refractivity contribution in [1.29, 1.82) is 0 Å². The van der Waals surface area contributed by atoms with Crippen LogP contribution in [0.25, 0.3) is 0 Å². The minimum Gasteiger partial charge on any atom is -0.346 e. The molecular weight excluding hydrogens is 246 g/mol. The molecule has 96 valence electrons. The van der Waals surface area contributed by atoms with Crippen LogP contribution < -0.4 is 5.32 Å². The van der Waals surface area contributed by atoms with E-state index in [0.717, 1.165) is 24.0 Å². The molecule has 1 aliphatic carbocycles. The summed E-state index contributed by atoms with van der Waals surface area (Å²) in [4.78, 5) is 23.2. The maximum absolute atomic E-state index is 11.8. The van der Waals surface area contributed by atoms with Crippen LogP contribution in [0.2, 0.25) is 0 Å². The van der Waals surface area contributed by atoms with Gasteiger partial charge in [0.2, 0.25) is 5.91 Å². The predicted octanol–water partition coefficient (Wildman–Crippen LogP) is 1.90. The number of nitrogens with one attached hydrogen (secondary N) is 1. The van der Waals surface area contributed by atoms with Gasteiger partial charge < -0.3 is 5.32 Å². The highest BCUT2D eigenvalue weighted by Gasteiger charge is 2.25. The third-order valence-corrected chi connectivity index (χ3v) is 3.58. The van der Waals surface area contributed by atoms with Crippen LogP contribution >= 0.6 is 12.6 Å². The highest BCUT2D eigenvalue weighted by Crippen LogP contribution is 2.14. The van der Waals surface area contributed by atoms with Crippen molar-refractivity contribution in [1.82, 2.24) is 5.32 Å². The van der Waals surface area contributed by atoms with Gasteiger partial charge in [-0.25, -0.2) is 0 Å². The molecule has 4 heteroatoms. The summed E-state index contributed by atoms with van der Waals surface area (Å²) in [6.45, 7) is 0. The zero-order chi connectivity index (χ0) is 13.0. The average Bonchev–Trinajstić information content (AvgIpc) is 2.76. The third-order valence-electron chi connectivity index (χ3n) is 3.21. The van der Waals surface area contributed by atoms with Gasteiger partial charge in [-0.05, 0) is 24.0 Å². The molecule has 0 radical (unpaired) electrons. The van der Waals surface area contributed by atoms with Crippen LogP contribution in [0.1, 0.15) is 30.4 Å². The fraction of sp³-hybridized carbons (Fsp3) is 0.429. The van der Waals surface area contributed by atoms with E-state index in [4.69, 9.17) is 0 Å². The fourth-order valence-corrected chi connectivity index (χ4v) is 2.37. The normalized spacial score (nSPS) is 18.9. The van der Waals surface area contributed by atoms with Crippen molar-refractivity contribution in [2.45, 2.75) is 37.5 Å². The molecule has 3 nitrogen and oxygen atoms in total. The summed E-state index contributed by atoms with van der Waals surface area (Å²) in [5.74, 6) is 0.783. The molecule has 18 heavy (non-hydrogen) atoms. The second kappa shape index (κ2) is 6.05. The standard InChI is InChI=1S/C14H17NO2S/c16-13-3-1-2-12(13)15-14(17)8-10-4-6-11(9-18)7-5-10/h4-7,12,18H,1-3,8-9H2,(H,15,17)/t12-/m1/s1. The van der Waals surface area contributed by atoms with Crippen LogP contribution in [-0.2, 0) is 21.8 Å². The molecule has 1 amide bonds. The summed E-state index contributed by atoms with van der Waals surface area (Å²) in [7, 11) is 0. The Hall–Kier alpha value is -1.29. The van der Waals surface area contributed by atoms with Crippen molar-refractivity contribution < 1.29 is 9.59 Å². The molecule has 1 fully saturated rings. The number of amides is 1. The monoisotopic (exact) mass is 263 g/mol. The second-order valence-electron chi connectivity index (χ2n) is 4.63. The minimum atomic E-state index is -0.255. The van der Waals surface area contributed by atoms with Crippen molar-refractivity contribution in [3.8, 4) is 0 Å². The molecule has 0 saturated heterocycles. The molecule has 1 atom stereocenters. The van der Waals surface area contributed by atoms with Crippen LogP contribution in [0.3, 0.4) is 0 Å². The van der Waals surface area contributed by atoms with Gasteiger partial charge in [0, 0.05) is 12.2 Å². The lowest BCUT2D eigenvalue weighted by Crippen LogP contribution is -2.38. The van der Waals surface area contributed by atoms with E-state index in [1.807, 2.05) is 24.3 Å². The lowest BCUT2D eigenvalue weighted by atomic mass is 10.1. The lowest BCUT2D eigenvalue weighted by Gasteiger charge is -2.10. The largest absolute Gasteiger partial charge is 0.346 e. The minimum absolute atomic E-state index is 0.0751. The first kappa shape index (κ1) is 13.1. The number of hydrogen-bond acceptors (Lipinski definition) is 3. The topological polar surface area (TPSA) is 46.2 Å². The molecule has 1 aliphatic rings. The Balaban J connectivity index is 1.88. The van der Waals surface area contributed by atoms with Gasteiger partial charge >= 0.3 is 0 Å². The second-order valence-corrected chi connectivity index (χ2v) is 4.95. The van der Waals surface area contributed by atoms with Crippen LogP contribution in [0, 0.1) is 0 Å². The first-order chi connectivity index (χ1) is 8.69. The Labute approximate surface area is 112 Å². The van der Waals surface area contributed by atoms with E-state index < -0.39 is 0 Å². The Morgan fingerprint density at radius 2 is 1.94 bits per heavy atom. The van der Waals surface area contributed by atoms with E-state index in [1.54, 1.807) is 0 Å². The first-order valence-electron chi connectivity index (χ1n) is 6.20. The molecular formula is C14H17NO2S. The molecule has 2 rings (SSSR count). The molecule has 0 heterocycles. The summed E-state index contributed by atoms with van der Waals surface area (Å²) < 4.78 is 0. The molecule has 0 aromatic heterocycles. The van der Waals surface area contributed by atoms with Gasteiger partial charge in [0.15, 0.2) is 5.78 Å². The smallest absolute Gasteiger partial charge is 0.224 e. The van der Waals surface area contributed by atoms with E-state index in [1.165, 1.54) is 0 Å². The maximum Gasteiger partial charge on any atom is 0.224 e. The van der Waals surface area contributed by atoms with Crippen molar-refractivity contribution in [2.75, 3.05) is 0 Å². The predicted molar refractivity (Wildman–Crippen MR) is 73.6 cm³/mol. The Morgan fingerprint density at radius 1 is 1.28 bits per heavy atom. The van der Waals surface area contributed by atoms with E-state index in [9.17, 15) is 9.59 Å². The lowest BCUT2D eigenvalue weighted by molar-refractivity contribution is -0.126. The average molecular weight is 263 g/mol. The van der Waals surface area contributed by atoms with Crippen molar-refractivity contribution in [3.05, 3.63) is 35.4 Å². The summed E-state index contributed by atoms with van der Waals surface area (Å²) in [5.41, 5.74) is 2.09. The van der Waals surface area contributed by atoms with E-state index in [0.29, 0.717) is 18.6 Å². The quantitative estimate of drug-likeness (QED) is 0.815. The van der Waals surface area contributed by atoms with Gasteiger partial charge in [0.05, 0.1) is 12.5 Å². The van der Waals surface area contributed by atoms with Gasteiger partial charge in [0.1, 0.15) is 0 Å². The summed E-state index contributed by atoms with van der Waals surface area (Å²) in [6.07, 6.45) is 2.60. The van der Waals surface area contributed by atoms with E-state index in [-0.39, 0.29) is 17.7 Å². The highest BCUT2D eigenvalue weighted by atomic mass is 32.1. The van der Waals surface area contributed by atoms with Gasteiger partial charge in [-0.2, -0.15) is 12.6 Å². The summed E-state index contributed by atoms with van der Waals surface area (Å²) in [5, 5.41) is 2.80. The van der Waals surface area contributed by atoms with Crippen molar-refractivity contribution in [3.63, 3.8) is 0 Å². The highest BCUT2D eigenvalue weighted by molar-refractivity contribution is 7.79. The van der Waals surface area contributed by atoms with Gasteiger partial charge in [0.25, 0.3) is 0 Å². The van der Waals surface area contributed by atoms with E-state index >= 15 is 0 Å². The molecule has 1 aromatic carbocycles. The van der Waals surface area contributed by atoms with E-state index in [2.05, 4.69) is 17.9 Å². The summed E-state index contributed by atoms with van der Waals surface area (Å²) >= 11 is 4.18. The maximum atomic E-state index is 11.8. The number of hydrogen-bond donors (Lipinski definition) is 2. The number of ketones is 1. The Kier molecular flexibility index (Phi) is 4.42. The number of carbonyl (C=O) groups excluding carboxylic acids is 2. The zero-order valence-electron chi connectivity index (χ0n) is 10.2. The number of thiol groups is 1. The zero-order valence-corrected chi connectivity index (χ0v) is 11.1.